The largest absolute Gasteiger partial charge is 0.507 e. The van der Waals surface area contributed by atoms with E-state index in [1.807, 2.05) is 0 Å². The number of nitrogens with zero attached hydrogens (tertiary/aromatic N) is 2. The normalized spacial score (nSPS) is 12.0. The molecule has 0 fully saturated rings. The van der Waals surface area contributed by atoms with Crippen LogP contribution < -0.4 is 10.1 Å². The summed E-state index contributed by atoms with van der Waals surface area (Å²) in [7, 11) is 3.22. The van der Waals surface area contributed by atoms with Crippen molar-refractivity contribution in [3.8, 4) is 22.8 Å². The summed E-state index contributed by atoms with van der Waals surface area (Å²) in [4.78, 5) is 0. The number of phenolic OH excluding ortho intramolecular Hbond substituents is 1. The highest BCUT2D eigenvalue weighted by Gasteiger charge is 2.21. The molecule has 0 saturated heterocycles. The molecular weight excluding hydrogens is 394 g/mol. The second kappa shape index (κ2) is 13.1. The predicted molar refractivity (Wildman–Crippen MR) is 124 cm³/mol. The number of ether oxygens (including phenoxy) is 2. The first kappa shape index (κ1) is 24.9. The second-order valence-corrected chi connectivity index (χ2v) is 7.74. The van der Waals surface area contributed by atoms with Crippen LogP contribution >= 0.6 is 0 Å². The van der Waals surface area contributed by atoms with E-state index in [0.717, 1.165) is 36.8 Å². The van der Waals surface area contributed by atoms with E-state index in [-0.39, 0.29) is 18.4 Å². The molecule has 0 bridgehead atoms. The van der Waals surface area contributed by atoms with Crippen molar-refractivity contribution >= 4 is 5.82 Å². The van der Waals surface area contributed by atoms with E-state index in [0.29, 0.717) is 35.9 Å². The first-order valence-electron chi connectivity index (χ1n) is 11.2. The molecule has 31 heavy (non-hydrogen) atoms. The Labute approximate surface area is 185 Å². The lowest BCUT2D eigenvalue weighted by Gasteiger charge is -2.22. The van der Waals surface area contributed by atoms with Crippen LogP contribution in [0, 0.1) is 0 Å². The molecule has 0 amide bonds. The third kappa shape index (κ3) is 6.80. The second-order valence-electron chi connectivity index (χ2n) is 7.74. The number of aliphatic hydroxyl groups is 1. The smallest absolute Gasteiger partial charge is 0.154 e. The summed E-state index contributed by atoms with van der Waals surface area (Å²) in [6.45, 7) is 4.79. The van der Waals surface area contributed by atoms with E-state index in [1.165, 1.54) is 12.8 Å². The standard InChI is InChI=1S/C24H37N3O4/c1-5-7-8-10-17(6-2)25-24-21(16-28)19(11-9-14-30-3)23(26-27-24)20-13-12-18(31-4)15-22(20)29/h12-13,15,17,28-29H,5-11,14,16H2,1-4H3,(H,25,27)/t17-/m0/s1. The quantitative estimate of drug-likeness (QED) is 0.373. The molecule has 7 nitrogen and oxygen atoms in total. The van der Waals surface area contributed by atoms with Crippen LogP contribution in [-0.4, -0.2) is 47.3 Å². The summed E-state index contributed by atoms with van der Waals surface area (Å²) in [5.41, 5.74) is 2.74. The summed E-state index contributed by atoms with van der Waals surface area (Å²) < 4.78 is 10.4. The average Bonchev–Trinajstić information content (AvgIpc) is 2.78. The molecule has 2 rings (SSSR count). The maximum Gasteiger partial charge on any atom is 0.154 e. The van der Waals surface area contributed by atoms with E-state index >= 15 is 0 Å². The van der Waals surface area contributed by atoms with Crippen molar-refractivity contribution in [2.45, 2.75) is 71.4 Å². The zero-order valence-electron chi connectivity index (χ0n) is 19.3. The molecule has 172 valence electrons. The minimum Gasteiger partial charge on any atom is -0.507 e. The van der Waals surface area contributed by atoms with Crippen LogP contribution in [-0.2, 0) is 17.8 Å². The Hall–Kier alpha value is -2.38. The number of phenols is 1. The number of aromatic hydroxyl groups is 1. The first-order valence-corrected chi connectivity index (χ1v) is 11.2. The summed E-state index contributed by atoms with van der Waals surface area (Å²) >= 11 is 0. The van der Waals surface area contributed by atoms with Crippen molar-refractivity contribution in [3.63, 3.8) is 0 Å². The highest BCUT2D eigenvalue weighted by Crippen LogP contribution is 2.36. The van der Waals surface area contributed by atoms with Crippen molar-refractivity contribution in [1.82, 2.24) is 10.2 Å². The van der Waals surface area contributed by atoms with Crippen molar-refractivity contribution in [1.29, 1.82) is 0 Å². The van der Waals surface area contributed by atoms with Gasteiger partial charge in [0.25, 0.3) is 0 Å². The van der Waals surface area contributed by atoms with Gasteiger partial charge in [0, 0.05) is 37.0 Å². The Bertz CT molecular complexity index is 814. The van der Waals surface area contributed by atoms with Gasteiger partial charge in [-0.1, -0.05) is 33.1 Å². The topological polar surface area (TPSA) is 96.7 Å². The summed E-state index contributed by atoms with van der Waals surface area (Å²) in [6, 6.07) is 5.38. The lowest BCUT2D eigenvalue weighted by atomic mass is 9.97. The monoisotopic (exact) mass is 431 g/mol. The van der Waals surface area contributed by atoms with Gasteiger partial charge in [0.1, 0.15) is 17.2 Å². The van der Waals surface area contributed by atoms with Gasteiger partial charge in [-0.2, -0.15) is 0 Å². The summed E-state index contributed by atoms with van der Waals surface area (Å²) in [6.07, 6.45) is 6.99. The molecule has 0 spiro atoms. The van der Waals surface area contributed by atoms with E-state index in [4.69, 9.17) is 9.47 Å². The van der Waals surface area contributed by atoms with Crippen LogP contribution in [0.15, 0.2) is 18.2 Å². The van der Waals surface area contributed by atoms with Crippen LogP contribution in [0.3, 0.4) is 0 Å². The molecule has 3 N–H and O–H groups in total. The van der Waals surface area contributed by atoms with E-state index < -0.39 is 0 Å². The van der Waals surface area contributed by atoms with E-state index in [2.05, 4.69) is 29.4 Å². The number of hydrogen-bond acceptors (Lipinski definition) is 7. The number of aromatic nitrogens is 2. The lowest BCUT2D eigenvalue weighted by Crippen LogP contribution is -2.21. The molecule has 1 aromatic heterocycles. The molecule has 0 aliphatic rings. The fraction of sp³-hybridized carbons (Fsp3) is 0.583. The molecule has 0 aliphatic carbocycles. The van der Waals surface area contributed by atoms with Gasteiger partial charge in [0.05, 0.1) is 13.7 Å². The Morgan fingerprint density at radius 1 is 1.06 bits per heavy atom. The van der Waals surface area contributed by atoms with Gasteiger partial charge >= 0.3 is 0 Å². The SMILES string of the molecule is CCCCC[C@H](CC)Nc1nnc(-c2ccc(OC)cc2O)c(CCCOC)c1CO. The van der Waals surface area contributed by atoms with Gasteiger partial charge < -0.3 is 25.0 Å². The average molecular weight is 432 g/mol. The van der Waals surface area contributed by atoms with Crippen molar-refractivity contribution in [2.75, 3.05) is 26.1 Å². The maximum absolute atomic E-state index is 10.6. The number of rotatable bonds is 14. The molecule has 1 atom stereocenters. The number of nitrogens with one attached hydrogen (secondary N) is 1. The molecule has 0 radical (unpaired) electrons. The van der Waals surface area contributed by atoms with Gasteiger partial charge in [-0.15, -0.1) is 10.2 Å². The van der Waals surface area contributed by atoms with Gasteiger partial charge in [-0.3, -0.25) is 0 Å². The fourth-order valence-corrected chi connectivity index (χ4v) is 3.72. The van der Waals surface area contributed by atoms with Gasteiger partial charge in [-0.25, -0.2) is 0 Å². The number of unbranched alkanes of at least 4 members (excludes halogenated alkanes) is 2. The highest BCUT2D eigenvalue weighted by molar-refractivity contribution is 5.73. The molecular formula is C24H37N3O4. The summed E-state index contributed by atoms with van der Waals surface area (Å²) in [5.74, 6) is 1.25. The van der Waals surface area contributed by atoms with Crippen LogP contribution in [0.1, 0.15) is 63.5 Å². The molecule has 2 aromatic rings. The van der Waals surface area contributed by atoms with Crippen LogP contribution in [0.25, 0.3) is 11.3 Å². The number of aliphatic hydroxyl groups excluding tert-OH is 1. The molecule has 1 aromatic carbocycles. The zero-order valence-corrected chi connectivity index (χ0v) is 19.3. The lowest BCUT2D eigenvalue weighted by molar-refractivity contribution is 0.195. The first-order chi connectivity index (χ1) is 15.1. The minimum atomic E-state index is -0.157. The molecule has 1 heterocycles. The van der Waals surface area contributed by atoms with Crippen molar-refractivity contribution < 1.29 is 19.7 Å². The Morgan fingerprint density at radius 3 is 2.48 bits per heavy atom. The van der Waals surface area contributed by atoms with Crippen molar-refractivity contribution in [3.05, 3.63) is 29.3 Å². The minimum absolute atomic E-state index is 0.0669. The maximum atomic E-state index is 10.6. The third-order valence-electron chi connectivity index (χ3n) is 5.57. The molecule has 7 heteroatoms. The van der Waals surface area contributed by atoms with E-state index in [1.54, 1.807) is 32.4 Å². The van der Waals surface area contributed by atoms with Gasteiger partial charge in [0.15, 0.2) is 5.82 Å². The van der Waals surface area contributed by atoms with Crippen LogP contribution in [0.2, 0.25) is 0 Å². The Balaban J connectivity index is 2.44. The predicted octanol–water partition coefficient (Wildman–Crippen LogP) is 4.70. The van der Waals surface area contributed by atoms with Crippen LogP contribution in [0.5, 0.6) is 11.5 Å². The van der Waals surface area contributed by atoms with Crippen molar-refractivity contribution in [2.24, 2.45) is 0 Å². The van der Waals surface area contributed by atoms with E-state index in [9.17, 15) is 10.2 Å². The van der Waals surface area contributed by atoms with Crippen LogP contribution in [0.4, 0.5) is 5.82 Å². The fourth-order valence-electron chi connectivity index (χ4n) is 3.72. The molecule has 0 aliphatic heterocycles. The molecule has 0 saturated carbocycles. The number of anilines is 1. The zero-order chi connectivity index (χ0) is 22.6. The number of methoxy groups -OCH3 is 2. The van der Waals surface area contributed by atoms with Gasteiger partial charge in [-0.05, 0) is 43.4 Å². The highest BCUT2D eigenvalue weighted by atomic mass is 16.5. The Morgan fingerprint density at radius 2 is 1.87 bits per heavy atom. The number of hydrogen-bond donors (Lipinski definition) is 3. The number of benzene rings is 1. The molecule has 0 unspecified atom stereocenters. The summed E-state index contributed by atoms with van der Waals surface area (Å²) in [5, 5.41) is 33.2. The third-order valence-corrected chi connectivity index (χ3v) is 5.57. The Kier molecular flexibility index (Phi) is 10.5. The van der Waals surface area contributed by atoms with Gasteiger partial charge in [0.2, 0.25) is 0 Å².